The van der Waals surface area contributed by atoms with Crippen LogP contribution in [-0.2, 0) is 0 Å². The monoisotopic (exact) mass is 299 g/mol. The third-order valence-corrected chi connectivity index (χ3v) is 4.66. The van der Waals surface area contributed by atoms with E-state index in [4.69, 9.17) is 0 Å². The molecule has 0 saturated carbocycles. The van der Waals surface area contributed by atoms with Gasteiger partial charge in [0.1, 0.15) is 5.82 Å². The molecule has 0 radical (unpaired) electrons. The van der Waals surface area contributed by atoms with Gasteiger partial charge in [0.25, 0.3) is 5.91 Å². The molecule has 116 valence electrons. The Labute approximate surface area is 131 Å². The Bertz CT molecular complexity index is 734. The van der Waals surface area contributed by atoms with Gasteiger partial charge in [-0.3, -0.25) is 4.79 Å². The topological polar surface area (TPSA) is 29.1 Å². The van der Waals surface area contributed by atoms with Crippen LogP contribution in [0.2, 0.25) is 0 Å². The van der Waals surface area contributed by atoms with Gasteiger partial charge >= 0.3 is 0 Å². The lowest BCUT2D eigenvalue weighted by molar-refractivity contribution is 0.102. The minimum atomic E-state index is -0.301. The summed E-state index contributed by atoms with van der Waals surface area (Å²) in [7, 11) is 0. The Kier molecular flexibility index (Phi) is 4.36. The molecule has 2 aromatic carbocycles. The lowest BCUT2D eigenvalue weighted by Gasteiger charge is -2.18. The van der Waals surface area contributed by atoms with Gasteiger partial charge in [-0.2, -0.15) is 0 Å². The molecule has 2 aromatic rings. The van der Waals surface area contributed by atoms with Crippen LogP contribution in [-0.4, -0.2) is 5.91 Å². The first-order valence-corrected chi connectivity index (χ1v) is 7.38. The average molecular weight is 299 g/mol. The molecule has 0 aliphatic heterocycles. The standard InChI is InChI=1S/C19H22FNO/c1-10-9-16(20)7-8-17(10)21-19(22)18-14(5)12(3)11(2)13(4)15(18)6/h7-9H,1-6H3,(H,21,22). The van der Waals surface area contributed by atoms with Crippen LogP contribution in [0.25, 0.3) is 0 Å². The van der Waals surface area contributed by atoms with E-state index in [2.05, 4.69) is 12.2 Å². The summed E-state index contributed by atoms with van der Waals surface area (Å²) in [6.45, 7) is 11.9. The highest BCUT2D eigenvalue weighted by molar-refractivity contribution is 6.07. The van der Waals surface area contributed by atoms with E-state index in [9.17, 15) is 9.18 Å². The molecule has 3 heteroatoms. The molecule has 0 spiro atoms. The number of carbonyl (C=O) groups is 1. The summed E-state index contributed by atoms with van der Waals surface area (Å²) >= 11 is 0. The third kappa shape index (κ3) is 2.76. The third-order valence-electron chi connectivity index (χ3n) is 4.66. The number of anilines is 1. The van der Waals surface area contributed by atoms with Crippen molar-refractivity contribution in [3.8, 4) is 0 Å². The van der Waals surface area contributed by atoms with Crippen LogP contribution < -0.4 is 5.32 Å². The summed E-state index contributed by atoms with van der Waals surface area (Å²) in [5, 5.41) is 2.90. The maximum absolute atomic E-state index is 13.2. The average Bonchev–Trinajstić information content (AvgIpc) is 2.46. The van der Waals surface area contributed by atoms with E-state index in [0.717, 1.165) is 22.3 Å². The number of aryl methyl sites for hydroxylation is 1. The second-order valence-corrected chi connectivity index (χ2v) is 5.91. The molecule has 0 unspecified atom stereocenters. The summed E-state index contributed by atoms with van der Waals surface area (Å²) in [6, 6.07) is 4.37. The predicted octanol–water partition coefficient (Wildman–Crippen LogP) is 4.93. The fraction of sp³-hybridized carbons (Fsp3) is 0.316. The zero-order valence-electron chi connectivity index (χ0n) is 14.0. The number of hydrogen-bond acceptors (Lipinski definition) is 1. The Morgan fingerprint density at radius 2 is 1.36 bits per heavy atom. The van der Waals surface area contributed by atoms with Gasteiger partial charge < -0.3 is 5.32 Å². The van der Waals surface area contributed by atoms with Crippen molar-refractivity contribution in [1.29, 1.82) is 0 Å². The van der Waals surface area contributed by atoms with Crippen molar-refractivity contribution >= 4 is 11.6 Å². The smallest absolute Gasteiger partial charge is 0.256 e. The Morgan fingerprint density at radius 3 is 1.86 bits per heavy atom. The highest BCUT2D eigenvalue weighted by Gasteiger charge is 2.18. The summed E-state index contributed by atoms with van der Waals surface area (Å²) in [5.74, 6) is -0.444. The molecule has 1 N–H and O–H groups in total. The first-order chi connectivity index (χ1) is 10.2. The molecule has 2 rings (SSSR count). The molecule has 1 amide bonds. The van der Waals surface area contributed by atoms with Crippen LogP contribution in [0.3, 0.4) is 0 Å². The minimum Gasteiger partial charge on any atom is -0.322 e. The summed E-state index contributed by atoms with van der Waals surface area (Å²) in [5.41, 5.74) is 7.57. The zero-order chi connectivity index (χ0) is 16.6. The summed E-state index contributed by atoms with van der Waals surface area (Å²) in [6.07, 6.45) is 0. The van der Waals surface area contributed by atoms with E-state index < -0.39 is 0 Å². The van der Waals surface area contributed by atoms with Gasteiger partial charge in [0.15, 0.2) is 0 Å². The van der Waals surface area contributed by atoms with Crippen molar-refractivity contribution < 1.29 is 9.18 Å². The second kappa shape index (κ2) is 5.91. The van der Waals surface area contributed by atoms with Crippen molar-refractivity contribution in [2.45, 2.75) is 41.5 Å². The van der Waals surface area contributed by atoms with Crippen molar-refractivity contribution in [2.75, 3.05) is 5.32 Å². The minimum absolute atomic E-state index is 0.143. The number of rotatable bonds is 2. The summed E-state index contributed by atoms with van der Waals surface area (Å²) < 4.78 is 13.2. The lowest BCUT2D eigenvalue weighted by Crippen LogP contribution is -2.18. The van der Waals surface area contributed by atoms with Gasteiger partial charge in [-0.15, -0.1) is 0 Å². The molecule has 0 atom stereocenters. The molecule has 0 aliphatic rings. The van der Waals surface area contributed by atoms with E-state index in [0.29, 0.717) is 16.8 Å². The van der Waals surface area contributed by atoms with E-state index in [1.807, 2.05) is 27.7 Å². The molecule has 0 fully saturated rings. The van der Waals surface area contributed by atoms with Gasteiger partial charge in [0.05, 0.1) is 0 Å². The van der Waals surface area contributed by atoms with Gasteiger partial charge in [-0.05, 0) is 93.1 Å². The van der Waals surface area contributed by atoms with E-state index in [1.165, 1.54) is 17.7 Å². The molecule has 2 nitrogen and oxygen atoms in total. The Morgan fingerprint density at radius 1 is 0.864 bits per heavy atom. The van der Waals surface area contributed by atoms with Crippen molar-refractivity contribution in [1.82, 2.24) is 0 Å². The first kappa shape index (κ1) is 16.2. The molecule has 0 aliphatic carbocycles. The lowest BCUT2D eigenvalue weighted by atomic mass is 9.89. The van der Waals surface area contributed by atoms with Gasteiger partial charge in [-0.25, -0.2) is 4.39 Å². The fourth-order valence-corrected chi connectivity index (χ4v) is 2.79. The number of halogens is 1. The number of carbonyl (C=O) groups excluding carboxylic acids is 1. The predicted molar refractivity (Wildman–Crippen MR) is 89.2 cm³/mol. The maximum Gasteiger partial charge on any atom is 0.256 e. The zero-order valence-corrected chi connectivity index (χ0v) is 14.0. The normalized spacial score (nSPS) is 10.7. The SMILES string of the molecule is Cc1cc(F)ccc1NC(=O)c1c(C)c(C)c(C)c(C)c1C. The van der Waals surface area contributed by atoms with Gasteiger partial charge in [0, 0.05) is 11.3 Å². The van der Waals surface area contributed by atoms with Gasteiger partial charge in [-0.1, -0.05) is 0 Å². The fourth-order valence-electron chi connectivity index (χ4n) is 2.79. The number of nitrogens with one attached hydrogen (secondary N) is 1. The van der Waals surface area contributed by atoms with Crippen molar-refractivity contribution in [3.05, 3.63) is 63.0 Å². The molecular formula is C19H22FNO. The van der Waals surface area contributed by atoms with Crippen LogP contribution in [0.1, 0.15) is 43.7 Å². The second-order valence-electron chi connectivity index (χ2n) is 5.91. The Balaban J connectivity index is 2.46. The molecule has 0 bridgehead atoms. The molecule has 0 saturated heterocycles. The molecular weight excluding hydrogens is 277 g/mol. The highest BCUT2D eigenvalue weighted by Crippen LogP contribution is 2.27. The Hall–Kier alpha value is -2.16. The van der Waals surface area contributed by atoms with Crippen molar-refractivity contribution in [2.24, 2.45) is 0 Å². The van der Waals surface area contributed by atoms with E-state index in [1.54, 1.807) is 13.0 Å². The van der Waals surface area contributed by atoms with Crippen LogP contribution in [0.4, 0.5) is 10.1 Å². The largest absolute Gasteiger partial charge is 0.322 e. The van der Waals surface area contributed by atoms with E-state index in [-0.39, 0.29) is 11.7 Å². The highest BCUT2D eigenvalue weighted by atomic mass is 19.1. The molecule has 0 heterocycles. The van der Waals surface area contributed by atoms with Crippen molar-refractivity contribution in [3.63, 3.8) is 0 Å². The van der Waals surface area contributed by atoms with Gasteiger partial charge in [0.2, 0.25) is 0 Å². The van der Waals surface area contributed by atoms with Crippen LogP contribution in [0, 0.1) is 47.4 Å². The van der Waals surface area contributed by atoms with Crippen LogP contribution in [0.5, 0.6) is 0 Å². The first-order valence-electron chi connectivity index (χ1n) is 7.38. The number of hydrogen-bond donors (Lipinski definition) is 1. The maximum atomic E-state index is 13.2. The molecule has 22 heavy (non-hydrogen) atoms. The number of benzene rings is 2. The van der Waals surface area contributed by atoms with Crippen LogP contribution >= 0.6 is 0 Å². The van der Waals surface area contributed by atoms with Crippen LogP contribution in [0.15, 0.2) is 18.2 Å². The summed E-state index contributed by atoms with van der Waals surface area (Å²) in [4.78, 5) is 12.7. The number of amides is 1. The molecule has 0 aromatic heterocycles. The van der Waals surface area contributed by atoms with E-state index >= 15 is 0 Å². The quantitative estimate of drug-likeness (QED) is 0.837.